The van der Waals surface area contributed by atoms with Crippen molar-refractivity contribution in [3.63, 3.8) is 0 Å². The normalized spacial score (nSPS) is 19.9. The Bertz CT molecular complexity index is 559. The van der Waals surface area contributed by atoms with E-state index in [9.17, 15) is 13.2 Å². The summed E-state index contributed by atoms with van der Waals surface area (Å²) in [7, 11) is -3.18. The highest BCUT2D eigenvalue weighted by molar-refractivity contribution is 7.88. The van der Waals surface area contributed by atoms with Gasteiger partial charge in [-0.2, -0.15) is 0 Å². The van der Waals surface area contributed by atoms with E-state index in [1.165, 1.54) is 0 Å². The first-order valence-corrected chi connectivity index (χ1v) is 8.49. The average molecular weight is 297 g/mol. The van der Waals surface area contributed by atoms with Gasteiger partial charge < -0.3 is 4.90 Å². The van der Waals surface area contributed by atoms with Crippen molar-refractivity contribution in [2.75, 3.05) is 25.9 Å². The Morgan fingerprint density at radius 3 is 2.80 bits per heavy atom. The lowest BCUT2D eigenvalue weighted by Crippen LogP contribution is -2.43. The van der Waals surface area contributed by atoms with Crippen LogP contribution in [0.5, 0.6) is 0 Å². The summed E-state index contributed by atoms with van der Waals surface area (Å²) in [6.07, 6.45) is 6.17. The lowest BCUT2D eigenvalue weighted by molar-refractivity contribution is 0.0676. The number of carbonyl (C=O) groups is 1. The van der Waals surface area contributed by atoms with E-state index in [0.717, 1.165) is 25.6 Å². The molecular formula is C13H19N3O3S. The minimum atomic E-state index is -3.18. The van der Waals surface area contributed by atoms with Crippen molar-refractivity contribution < 1.29 is 13.2 Å². The third kappa shape index (κ3) is 4.28. The first kappa shape index (κ1) is 14.9. The largest absolute Gasteiger partial charge is 0.338 e. The molecule has 110 valence electrons. The Kier molecular flexibility index (Phi) is 4.72. The molecule has 1 atom stereocenters. The SMILES string of the molecule is CS(=O)(=O)NC[C@@H]1CCCN(C(=O)c2ccncc2)C1. The van der Waals surface area contributed by atoms with Gasteiger partial charge in [0.05, 0.1) is 6.26 Å². The van der Waals surface area contributed by atoms with Crippen molar-refractivity contribution in [3.05, 3.63) is 30.1 Å². The van der Waals surface area contributed by atoms with E-state index in [1.54, 1.807) is 29.4 Å². The van der Waals surface area contributed by atoms with E-state index in [4.69, 9.17) is 0 Å². The van der Waals surface area contributed by atoms with Crippen molar-refractivity contribution in [3.8, 4) is 0 Å². The number of pyridine rings is 1. The molecule has 1 aliphatic rings. The van der Waals surface area contributed by atoms with Crippen molar-refractivity contribution in [2.24, 2.45) is 5.92 Å². The van der Waals surface area contributed by atoms with Crippen molar-refractivity contribution >= 4 is 15.9 Å². The van der Waals surface area contributed by atoms with Gasteiger partial charge in [-0.05, 0) is 30.9 Å². The first-order chi connectivity index (χ1) is 9.46. The smallest absolute Gasteiger partial charge is 0.253 e. The highest BCUT2D eigenvalue weighted by atomic mass is 32.2. The molecule has 6 nitrogen and oxygen atoms in total. The molecule has 0 radical (unpaired) electrons. The van der Waals surface area contributed by atoms with Crippen molar-refractivity contribution in [1.82, 2.24) is 14.6 Å². The van der Waals surface area contributed by atoms with E-state index >= 15 is 0 Å². The number of amides is 1. The summed E-state index contributed by atoms with van der Waals surface area (Å²) in [5.41, 5.74) is 0.622. The molecule has 2 rings (SSSR count). The van der Waals surface area contributed by atoms with Gasteiger partial charge in [0.2, 0.25) is 10.0 Å². The van der Waals surface area contributed by atoms with Crippen LogP contribution in [0.4, 0.5) is 0 Å². The fourth-order valence-electron chi connectivity index (χ4n) is 2.36. The van der Waals surface area contributed by atoms with Gasteiger partial charge in [-0.25, -0.2) is 13.1 Å². The van der Waals surface area contributed by atoms with Gasteiger partial charge in [0, 0.05) is 37.6 Å². The minimum Gasteiger partial charge on any atom is -0.338 e. The molecule has 1 fully saturated rings. The molecule has 1 aromatic heterocycles. The number of nitrogens with zero attached hydrogens (tertiary/aromatic N) is 2. The van der Waals surface area contributed by atoms with E-state index < -0.39 is 10.0 Å². The number of carbonyl (C=O) groups excluding carboxylic acids is 1. The Morgan fingerprint density at radius 2 is 2.15 bits per heavy atom. The number of hydrogen-bond donors (Lipinski definition) is 1. The van der Waals surface area contributed by atoms with Crippen LogP contribution in [0.3, 0.4) is 0 Å². The summed E-state index contributed by atoms with van der Waals surface area (Å²) in [4.78, 5) is 18.0. The molecule has 1 aliphatic heterocycles. The molecular weight excluding hydrogens is 278 g/mol. The predicted octanol–water partition coefficient (Wildman–Crippen LogP) is 0.483. The number of aromatic nitrogens is 1. The van der Waals surface area contributed by atoms with Crippen LogP contribution < -0.4 is 4.72 Å². The molecule has 0 aliphatic carbocycles. The van der Waals surface area contributed by atoms with Gasteiger partial charge in [0.25, 0.3) is 5.91 Å². The minimum absolute atomic E-state index is 0.0172. The number of hydrogen-bond acceptors (Lipinski definition) is 4. The number of sulfonamides is 1. The summed E-state index contributed by atoms with van der Waals surface area (Å²) >= 11 is 0. The maximum atomic E-state index is 12.3. The van der Waals surface area contributed by atoms with Crippen molar-refractivity contribution in [1.29, 1.82) is 0 Å². The third-order valence-corrected chi connectivity index (χ3v) is 4.06. The van der Waals surface area contributed by atoms with Crippen LogP contribution in [0.1, 0.15) is 23.2 Å². The lowest BCUT2D eigenvalue weighted by atomic mass is 9.98. The summed E-state index contributed by atoms with van der Waals surface area (Å²) in [6.45, 7) is 1.69. The van der Waals surface area contributed by atoms with Gasteiger partial charge >= 0.3 is 0 Å². The second-order valence-corrected chi connectivity index (χ2v) is 6.95. The second-order valence-electron chi connectivity index (χ2n) is 5.12. The van der Waals surface area contributed by atoms with Gasteiger partial charge in [-0.3, -0.25) is 9.78 Å². The van der Waals surface area contributed by atoms with E-state index in [1.807, 2.05) is 0 Å². The molecule has 0 bridgehead atoms. The monoisotopic (exact) mass is 297 g/mol. The van der Waals surface area contributed by atoms with E-state index in [0.29, 0.717) is 18.7 Å². The van der Waals surface area contributed by atoms with Crippen LogP contribution in [0.2, 0.25) is 0 Å². The molecule has 0 saturated carbocycles. The average Bonchev–Trinajstić information content (AvgIpc) is 2.45. The molecule has 7 heteroatoms. The summed E-state index contributed by atoms with van der Waals surface area (Å²) < 4.78 is 24.7. The Hall–Kier alpha value is -1.47. The second kappa shape index (κ2) is 6.32. The zero-order chi connectivity index (χ0) is 14.6. The number of piperidine rings is 1. The van der Waals surface area contributed by atoms with Crippen LogP contribution in [-0.4, -0.2) is 50.1 Å². The lowest BCUT2D eigenvalue weighted by Gasteiger charge is -2.32. The molecule has 1 amide bonds. The maximum Gasteiger partial charge on any atom is 0.253 e. The number of nitrogens with one attached hydrogen (secondary N) is 1. The fraction of sp³-hybridized carbons (Fsp3) is 0.538. The molecule has 1 aromatic rings. The van der Waals surface area contributed by atoms with Crippen LogP contribution in [0.15, 0.2) is 24.5 Å². The topological polar surface area (TPSA) is 79.4 Å². The molecule has 1 saturated heterocycles. The van der Waals surface area contributed by atoms with Crippen LogP contribution in [-0.2, 0) is 10.0 Å². The molecule has 20 heavy (non-hydrogen) atoms. The van der Waals surface area contributed by atoms with Gasteiger partial charge in [0.1, 0.15) is 0 Å². The van der Waals surface area contributed by atoms with Crippen LogP contribution >= 0.6 is 0 Å². The quantitative estimate of drug-likeness (QED) is 0.877. The summed E-state index contributed by atoms with van der Waals surface area (Å²) in [5, 5.41) is 0. The van der Waals surface area contributed by atoms with E-state index in [2.05, 4.69) is 9.71 Å². The van der Waals surface area contributed by atoms with E-state index in [-0.39, 0.29) is 11.8 Å². The predicted molar refractivity (Wildman–Crippen MR) is 75.7 cm³/mol. The number of rotatable bonds is 4. The highest BCUT2D eigenvalue weighted by Crippen LogP contribution is 2.18. The van der Waals surface area contributed by atoms with Crippen molar-refractivity contribution in [2.45, 2.75) is 12.8 Å². The zero-order valence-electron chi connectivity index (χ0n) is 11.4. The third-order valence-electron chi connectivity index (χ3n) is 3.37. The van der Waals surface area contributed by atoms with Gasteiger partial charge in [-0.15, -0.1) is 0 Å². The fourth-order valence-corrected chi connectivity index (χ4v) is 2.90. The van der Waals surface area contributed by atoms with Gasteiger partial charge in [0.15, 0.2) is 0 Å². The summed E-state index contributed by atoms with van der Waals surface area (Å²) in [5.74, 6) is 0.153. The molecule has 2 heterocycles. The number of likely N-dealkylation sites (tertiary alicyclic amines) is 1. The standard InChI is InChI=1S/C13H19N3O3S/c1-20(18,19)15-9-11-3-2-8-16(10-11)13(17)12-4-6-14-7-5-12/h4-7,11,15H,2-3,8-10H2,1H3/t11-/m0/s1. The van der Waals surface area contributed by atoms with Crippen LogP contribution in [0, 0.1) is 5.92 Å². The summed E-state index contributed by atoms with van der Waals surface area (Å²) in [6, 6.07) is 3.39. The highest BCUT2D eigenvalue weighted by Gasteiger charge is 2.24. The molecule has 0 spiro atoms. The zero-order valence-corrected chi connectivity index (χ0v) is 12.3. The Morgan fingerprint density at radius 1 is 1.45 bits per heavy atom. The Balaban J connectivity index is 1.95. The van der Waals surface area contributed by atoms with Gasteiger partial charge in [-0.1, -0.05) is 0 Å². The molecule has 0 unspecified atom stereocenters. The maximum absolute atomic E-state index is 12.3. The first-order valence-electron chi connectivity index (χ1n) is 6.59. The Labute approximate surface area is 119 Å². The molecule has 0 aromatic carbocycles. The van der Waals surface area contributed by atoms with Crippen LogP contribution in [0.25, 0.3) is 0 Å². The molecule has 1 N–H and O–H groups in total.